The molecule has 0 saturated carbocycles. The highest BCUT2D eigenvalue weighted by Gasteiger charge is 2.34. The van der Waals surface area contributed by atoms with Gasteiger partial charge in [-0.15, -0.1) is 4.83 Å². The van der Waals surface area contributed by atoms with Gasteiger partial charge in [0.25, 0.3) is 10.0 Å². The van der Waals surface area contributed by atoms with Crippen LogP contribution >= 0.6 is 0 Å². The zero-order valence-corrected chi connectivity index (χ0v) is 11.0. The molecule has 1 amide bonds. The summed E-state index contributed by atoms with van der Waals surface area (Å²) in [6.45, 7) is -0.0737. The van der Waals surface area contributed by atoms with Crippen molar-refractivity contribution in [2.75, 3.05) is 13.1 Å². The smallest absolute Gasteiger partial charge is 0.425 e. The summed E-state index contributed by atoms with van der Waals surface area (Å²) in [6.07, 6.45) is -1.50. The molecule has 1 unspecified atom stereocenters. The molecule has 106 valence electrons. The zero-order valence-electron chi connectivity index (χ0n) is 10.2. The first-order valence-corrected chi connectivity index (χ1v) is 7.08. The van der Waals surface area contributed by atoms with Gasteiger partial charge in [-0.05, 0) is 17.7 Å². The third-order valence-electron chi connectivity index (χ3n) is 2.51. The van der Waals surface area contributed by atoms with E-state index in [0.717, 1.165) is 5.01 Å². The van der Waals surface area contributed by atoms with Gasteiger partial charge in [-0.2, -0.15) is 0 Å². The molecule has 1 aliphatic heterocycles. The molecule has 0 aromatic heterocycles. The maximum absolute atomic E-state index is 12.0. The number of hydrogen-bond donors (Lipinski definition) is 1. The van der Waals surface area contributed by atoms with Crippen molar-refractivity contribution < 1.29 is 17.9 Å². The fourth-order valence-electron chi connectivity index (χ4n) is 1.62. The van der Waals surface area contributed by atoms with Gasteiger partial charge in [0.1, 0.15) is 6.10 Å². The van der Waals surface area contributed by atoms with Crippen LogP contribution in [0, 0.1) is 0 Å². The summed E-state index contributed by atoms with van der Waals surface area (Å²) in [5, 5.41) is 4.11. The number of amides is 1. The van der Waals surface area contributed by atoms with Crippen LogP contribution in [0.2, 0.25) is 0 Å². The Bertz CT molecular complexity index is 641. The molecule has 10 heteroatoms. The number of carbonyl (C=O) groups excluding carboxylic acids is 1. The minimum absolute atomic E-state index is 0.0239. The van der Waals surface area contributed by atoms with Gasteiger partial charge in [0.05, 0.1) is 18.0 Å². The van der Waals surface area contributed by atoms with Gasteiger partial charge >= 0.3 is 6.09 Å². The number of azide groups is 1. The van der Waals surface area contributed by atoms with Gasteiger partial charge in [0, 0.05) is 4.91 Å². The van der Waals surface area contributed by atoms with Crippen LogP contribution in [0.1, 0.15) is 0 Å². The Morgan fingerprint density at radius 3 is 2.80 bits per heavy atom. The van der Waals surface area contributed by atoms with Gasteiger partial charge in [-0.1, -0.05) is 23.3 Å². The first kappa shape index (κ1) is 14.1. The maximum Gasteiger partial charge on any atom is 0.425 e. The lowest BCUT2D eigenvalue weighted by Crippen LogP contribution is -2.43. The Morgan fingerprint density at radius 2 is 2.15 bits per heavy atom. The predicted octanol–water partition coefficient (Wildman–Crippen LogP) is 1.01. The van der Waals surface area contributed by atoms with Crippen molar-refractivity contribution in [1.29, 1.82) is 0 Å². The van der Waals surface area contributed by atoms with Crippen molar-refractivity contribution >= 4 is 16.1 Å². The van der Waals surface area contributed by atoms with E-state index in [4.69, 9.17) is 10.3 Å². The summed E-state index contributed by atoms with van der Waals surface area (Å²) >= 11 is 0. The summed E-state index contributed by atoms with van der Waals surface area (Å²) in [7, 11) is -3.85. The second-order valence-corrected chi connectivity index (χ2v) is 5.60. The van der Waals surface area contributed by atoms with Crippen LogP contribution in [0.5, 0.6) is 0 Å². The lowest BCUT2D eigenvalue weighted by Gasteiger charge is -2.14. The third-order valence-corrected chi connectivity index (χ3v) is 3.86. The van der Waals surface area contributed by atoms with Gasteiger partial charge in [-0.25, -0.2) is 18.2 Å². The van der Waals surface area contributed by atoms with Gasteiger partial charge in [0.15, 0.2) is 0 Å². The summed E-state index contributed by atoms with van der Waals surface area (Å²) < 4.78 is 28.9. The van der Waals surface area contributed by atoms with E-state index >= 15 is 0 Å². The van der Waals surface area contributed by atoms with Crippen LogP contribution < -0.4 is 4.83 Å². The SMILES string of the molecule is [N-]=[N+]=NCC1CN(NS(=O)(=O)c2ccccc2)C(=O)O1. The van der Waals surface area contributed by atoms with E-state index in [1.165, 1.54) is 12.1 Å². The highest BCUT2D eigenvalue weighted by molar-refractivity contribution is 7.89. The van der Waals surface area contributed by atoms with Crippen molar-refractivity contribution in [1.82, 2.24) is 9.84 Å². The van der Waals surface area contributed by atoms with E-state index in [1.807, 2.05) is 0 Å². The van der Waals surface area contributed by atoms with Crippen molar-refractivity contribution in [3.8, 4) is 0 Å². The number of benzene rings is 1. The van der Waals surface area contributed by atoms with Crippen LogP contribution in [0.25, 0.3) is 10.4 Å². The number of rotatable bonds is 5. The molecule has 1 aromatic carbocycles. The van der Waals surface area contributed by atoms with Crippen molar-refractivity contribution in [3.05, 3.63) is 40.8 Å². The summed E-state index contributed by atoms with van der Waals surface area (Å²) in [6, 6.07) is 7.63. The van der Waals surface area contributed by atoms with Crippen molar-refractivity contribution in [2.24, 2.45) is 5.11 Å². The van der Waals surface area contributed by atoms with Crippen LogP contribution in [0.4, 0.5) is 4.79 Å². The molecule has 0 bridgehead atoms. The lowest BCUT2D eigenvalue weighted by atomic mass is 10.4. The van der Waals surface area contributed by atoms with Crippen molar-refractivity contribution in [2.45, 2.75) is 11.0 Å². The van der Waals surface area contributed by atoms with Crippen LogP contribution in [0.15, 0.2) is 40.3 Å². The first-order chi connectivity index (χ1) is 9.53. The second-order valence-electron chi connectivity index (χ2n) is 3.94. The molecule has 9 nitrogen and oxygen atoms in total. The maximum atomic E-state index is 12.0. The Kier molecular flexibility index (Phi) is 4.08. The number of nitrogens with one attached hydrogen (secondary N) is 1. The lowest BCUT2D eigenvalue weighted by molar-refractivity contribution is 0.133. The highest BCUT2D eigenvalue weighted by atomic mass is 32.2. The van der Waals surface area contributed by atoms with E-state index in [9.17, 15) is 13.2 Å². The van der Waals surface area contributed by atoms with E-state index in [2.05, 4.69) is 14.9 Å². The first-order valence-electron chi connectivity index (χ1n) is 5.59. The molecule has 1 fully saturated rings. The molecule has 0 radical (unpaired) electrons. The largest absolute Gasteiger partial charge is 0.443 e. The summed E-state index contributed by atoms with van der Waals surface area (Å²) in [4.78, 5) is 16.2. The molecule has 1 saturated heterocycles. The minimum Gasteiger partial charge on any atom is -0.443 e. The topological polar surface area (TPSA) is 124 Å². The number of carbonyl (C=O) groups is 1. The molecule has 20 heavy (non-hydrogen) atoms. The second kappa shape index (κ2) is 5.78. The average Bonchev–Trinajstić information content (AvgIpc) is 2.77. The van der Waals surface area contributed by atoms with Gasteiger partial charge in [0.2, 0.25) is 0 Å². The van der Waals surface area contributed by atoms with E-state index in [1.54, 1.807) is 18.2 Å². The molecule has 1 aromatic rings. The number of nitrogens with zero attached hydrogens (tertiary/aromatic N) is 4. The van der Waals surface area contributed by atoms with E-state index in [-0.39, 0.29) is 18.0 Å². The predicted molar refractivity (Wildman–Crippen MR) is 67.8 cm³/mol. The zero-order chi connectivity index (χ0) is 14.6. The quantitative estimate of drug-likeness (QED) is 0.494. The number of hydrazine groups is 1. The normalized spacial score (nSPS) is 18.5. The fraction of sp³-hybridized carbons (Fsp3) is 0.300. The van der Waals surface area contributed by atoms with Gasteiger partial charge in [-0.3, -0.25) is 0 Å². The minimum atomic E-state index is -3.85. The Labute approximate surface area is 114 Å². The van der Waals surface area contributed by atoms with Crippen LogP contribution in [-0.4, -0.2) is 38.7 Å². The Hall–Kier alpha value is -2.29. The Balaban J connectivity index is 2.07. The molecule has 2 rings (SSSR count). The summed E-state index contributed by atoms with van der Waals surface area (Å²) in [5.41, 5.74) is 8.19. The van der Waals surface area contributed by atoms with Crippen molar-refractivity contribution in [3.63, 3.8) is 0 Å². The van der Waals surface area contributed by atoms with Gasteiger partial charge < -0.3 is 4.74 Å². The standard InChI is InChI=1S/C10H11N5O4S/c11-13-12-6-8-7-15(10(16)19-8)14-20(17,18)9-4-2-1-3-5-9/h1-5,8,14H,6-7H2. The molecule has 0 aliphatic carbocycles. The molecule has 1 N–H and O–H groups in total. The van der Waals surface area contributed by atoms with E-state index in [0.29, 0.717) is 0 Å². The van der Waals surface area contributed by atoms with Crippen LogP contribution in [-0.2, 0) is 14.8 Å². The number of cyclic esters (lactones) is 1. The summed E-state index contributed by atoms with van der Waals surface area (Å²) in [5.74, 6) is 0. The molecule has 1 heterocycles. The van der Waals surface area contributed by atoms with E-state index < -0.39 is 22.2 Å². The highest BCUT2D eigenvalue weighted by Crippen LogP contribution is 2.13. The van der Waals surface area contributed by atoms with Crippen LogP contribution in [0.3, 0.4) is 0 Å². The molecule has 0 spiro atoms. The monoisotopic (exact) mass is 297 g/mol. The molecule has 1 aliphatic rings. The Morgan fingerprint density at radius 1 is 1.45 bits per heavy atom. The fourth-order valence-corrected chi connectivity index (χ4v) is 2.68. The average molecular weight is 297 g/mol. The molecular weight excluding hydrogens is 286 g/mol. The molecular formula is C10H11N5O4S. The third kappa shape index (κ3) is 3.18. The number of ether oxygens (including phenoxy) is 1. The number of sulfonamides is 1. The number of hydrogen-bond acceptors (Lipinski definition) is 5. The molecule has 1 atom stereocenters.